The molecule has 0 N–H and O–H groups in total. The summed E-state index contributed by atoms with van der Waals surface area (Å²) in [6.07, 6.45) is 1.66. The summed E-state index contributed by atoms with van der Waals surface area (Å²) in [5, 5.41) is 9.38. The van der Waals surface area contributed by atoms with Gasteiger partial charge in [0.25, 0.3) is 0 Å². The second kappa shape index (κ2) is 3.26. The van der Waals surface area contributed by atoms with Crippen LogP contribution < -0.4 is 0 Å². The smallest absolute Gasteiger partial charge is 0.198 e. The molecule has 68 valence electrons. The highest BCUT2D eigenvalue weighted by atomic mass is 32.2. The van der Waals surface area contributed by atoms with E-state index < -0.39 is 0 Å². The zero-order chi connectivity index (χ0) is 9.26. The molecule has 0 fully saturated rings. The van der Waals surface area contributed by atoms with Gasteiger partial charge in [-0.25, -0.2) is 0 Å². The molecular weight excluding hydrogens is 186 g/mol. The Morgan fingerprint density at radius 2 is 2.31 bits per heavy atom. The second-order valence-electron chi connectivity index (χ2n) is 2.69. The normalized spacial score (nSPS) is 10.6. The van der Waals surface area contributed by atoms with E-state index in [9.17, 15) is 0 Å². The summed E-state index contributed by atoms with van der Waals surface area (Å²) >= 11 is 1.46. The maximum absolute atomic E-state index is 5.39. The summed E-state index contributed by atoms with van der Waals surface area (Å²) < 4.78 is 7.24. The highest BCUT2D eigenvalue weighted by Gasteiger charge is 2.05. The predicted octanol–water partition coefficient (Wildman–Crippen LogP) is 1.87. The molecule has 0 spiro atoms. The van der Waals surface area contributed by atoms with Gasteiger partial charge in [0.05, 0.1) is 0 Å². The van der Waals surface area contributed by atoms with Crippen molar-refractivity contribution in [3.8, 4) is 0 Å². The average molecular weight is 195 g/mol. The first kappa shape index (κ1) is 8.37. The van der Waals surface area contributed by atoms with Crippen molar-refractivity contribution >= 4 is 11.8 Å². The number of nitrogens with zero attached hydrogens (tertiary/aromatic N) is 3. The number of furan rings is 1. The van der Waals surface area contributed by atoms with Crippen molar-refractivity contribution in [3.05, 3.63) is 24.2 Å². The van der Waals surface area contributed by atoms with Crippen molar-refractivity contribution in [1.29, 1.82) is 0 Å². The molecule has 0 aliphatic rings. The molecule has 0 unspecified atom stereocenters. The summed E-state index contributed by atoms with van der Waals surface area (Å²) in [7, 11) is 1.90. The highest BCUT2D eigenvalue weighted by Crippen LogP contribution is 2.26. The van der Waals surface area contributed by atoms with Crippen molar-refractivity contribution in [1.82, 2.24) is 14.8 Å². The molecule has 0 aliphatic carbocycles. The first-order chi connectivity index (χ1) is 6.25. The van der Waals surface area contributed by atoms with Gasteiger partial charge in [-0.05, 0) is 30.8 Å². The van der Waals surface area contributed by atoms with Crippen LogP contribution in [0.2, 0.25) is 0 Å². The fourth-order valence-corrected chi connectivity index (χ4v) is 1.69. The zero-order valence-corrected chi connectivity index (χ0v) is 8.21. The fraction of sp³-hybridized carbons (Fsp3) is 0.250. The fourth-order valence-electron chi connectivity index (χ4n) is 0.922. The van der Waals surface area contributed by atoms with Crippen molar-refractivity contribution in [2.75, 3.05) is 0 Å². The van der Waals surface area contributed by atoms with E-state index in [2.05, 4.69) is 10.2 Å². The summed E-state index contributed by atoms with van der Waals surface area (Å²) in [6.45, 7) is 1.92. The third-order valence-electron chi connectivity index (χ3n) is 1.58. The molecule has 5 heteroatoms. The van der Waals surface area contributed by atoms with Crippen LogP contribution in [0.3, 0.4) is 0 Å². The largest absolute Gasteiger partial charge is 0.455 e. The second-order valence-corrected chi connectivity index (χ2v) is 3.66. The van der Waals surface area contributed by atoms with Crippen molar-refractivity contribution in [2.45, 2.75) is 17.2 Å². The molecule has 2 heterocycles. The summed E-state index contributed by atoms with van der Waals surface area (Å²) in [5.74, 6) is 0.907. The van der Waals surface area contributed by atoms with Gasteiger partial charge >= 0.3 is 0 Å². The maximum Gasteiger partial charge on any atom is 0.198 e. The Balaban J connectivity index is 2.19. The number of rotatable bonds is 2. The molecule has 0 aromatic carbocycles. The van der Waals surface area contributed by atoms with Crippen LogP contribution in [0.15, 0.2) is 33.1 Å². The Labute approximate surface area is 80.0 Å². The van der Waals surface area contributed by atoms with Gasteiger partial charge in [0.15, 0.2) is 10.2 Å². The molecule has 2 rings (SSSR count). The third-order valence-corrected chi connectivity index (χ3v) is 2.55. The van der Waals surface area contributed by atoms with Crippen LogP contribution in [-0.2, 0) is 7.05 Å². The van der Waals surface area contributed by atoms with E-state index in [1.165, 1.54) is 11.8 Å². The van der Waals surface area contributed by atoms with Gasteiger partial charge in [0, 0.05) is 7.05 Å². The Morgan fingerprint density at radius 1 is 1.46 bits per heavy atom. The van der Waals surface area contributed by atoms with E-state index in [-0.39, 0.29) is 0 Å². The van der Waals surface area contributed by atoms with Crippen molar-refractivity contribution in [2.24, 2.45) is 7.05 Å². The van der Waals surface area contributed by atoms with Gasteiger partial charge < -0.3 is 8.98 Å². The quantitative estimate of drug-likeness (QED) is 0.733. The van der Waals surface area contributed by atoms with E-state index >= 15 is 0 Å². The Kier molecular flexibility index (Phi) is 2.10. The Bertz CT molecular complexity index is 407. The van der Waals surface area contributed by atoms with Crippen LogP contribution in [0.5, 0.6) is 0 Å². The summed E-state index contributed by atoms with van der Waals surface area (Å²) in [6, 6.07) is 3.85. The Hall–Kier alpha value is -1.23. The topological polar surface area (TPSA) is 43.9 Å². The number of hydrogen-bond donors (Lipinski definition) is 0. The minimum Gasteiger partial charge on any atom is -0.455 e. The van der Waals surface area contributed by atoms with Gasteiger partial charge in [-0.3, -0.25) is 0 Å². The lowest BCUT2D eigenvalue weighted by molar-refractivity contribution is 0.448. The molecule has 4 nitrogen and oxygen atoms in total. The lowest BCUT2D eigenvalue weighted by Crippen LogP contribution is -1.87. The lowest BCUT2D eigenvalue weighted by atomic mass is 10.5. The van der Waals surface area contributed by atoms with Crippen molar-refractivity contribution < 1.29 is 4.42 Å². The monoisotopic (exact) mass is 195 g/mol. The predicted molar refractivity (Wildman–Crippen MR) is 48.6 cm³/mol. The van der Waals surface area contributed by atoms with Crippen molar-refractivity contribution in [3.63, 3.8) is 0 Å². The number of aryl methyl sites for hydroxylation is 2. The van der Waals surface area contributed by atoms with Crippen LogP contribution in [-0.4, -0.2) is 14.8 Å². The number of aromatic nitrogens is 3. The minimum atomic E-state index is 0.828. The van der Waals surface area contributed by atoms with E-state index in [4.69, 9.17) is 4.42 Å². The molecule has 2 aromatic rings. The van der Waals surface area contributed by atoms with E-state index in [1.807, 2.05) is 30.7 Å². The first-order valence-corrected chi connectivity index (χ1v) is 4.65. The third kappa shape index (κ3) is 1.75. The standard InChI is InChI=1S/C8H9N3OS/c1-6-3-4-7(12-6)13-8-10-9-5-11(8)2/h3-5H,1-2H3. The molecule has 0 atom stereocenters. The molecule has 0 amide bonds. The highest BCUT2D eigenvalue weighted by molar-refractivity contribution is 7.99. The van der Waals surface area contributed by atoms with E-state index in [1.54, 1.807) is 6.33 Å². The van der Waals surface area contributed by atoms with Gasteiger partial charge in [-0.2, -0.15) is 0 Å². The lowest BCUT2D eigenvalue weighted by Gasteiger charge is -1.95. The molecule has 0 saturated heterocycles. The molecule has 2 aromatic heterocycles. The summed E-state index contributed by atoms with van der Waals surface area (Å²) in [4.78, 5) is 0. The average Bonchev–Trinajstić information content (AvgIpc) is 2.64. The van der Waals surface area contributed by atoms with Crippen LogP contribution in [0.4, 0.5) is 0 Å². The van der Waals surface area contributed by atoms with Gasteiger partial charge in [0.1, 0.15) is 12.1 Å². The Morgan fingerprint density at radius 3 is 2.85 bits per heavy atom. The SMILES string of the molecule is Cc1ccc(Sc2nncn2C)o1. The molecule has 0 bridgehead atoms. The molecule has 13 heavy (non-hydrogen) atoms. The summed E-state index contributed by atoms with van der Waals surface area (Å²) in [5.41, 5.74) is 0. The van der Waals surface area contributed by atoms with Crippen LogP contribution in [0.1, 0.15) is 5.76 Å². The van der Waals surface area contributed by atoms with Crippen LogP contribution >= 0.6 is 11.8 Å². The van der Waals surface area contributed by atoms with Gasteiger partial charge in [-0.1, -0.05) is 0 Å². The first-order valence-electron chi connectivity index (χ1n) is 3.84. The van der Waals surface area contributed by atoms with Gasteiger partial charge in [-0.15, -0.1) is 10.2 Å². The number of hydrogen-bond acceptors (Lipinski definition) is 4. The molecule has 0 saturated carbocycles. The maximum atomic E-state index is 5.39. The van der Waals surface area contributed by atoms with E-state index in [0.29, 0.717) is 0 Å². The minimum absolute atomic E-state index is 0.828. The molecule has 0 aliphatic heterocycles. The van der Waals surface area contributed by atoms with Gasteiger partial charge in [0.2, 0.25) is 0 Å². The molecular formula is C8H9N3OS. The zero-order valence-electron chi connectivity index (χ0n) is 7.39. The van der Waals surface area contributed by atoms with Crippen LogP contribution in [0.25, 0.3) is 0 Å². The van der Waals surface area contributed by atoms with Crippen LogP contribution in [0, 0.1) is 6.92 Å². The van der Waals surface area contributed by atoms with E-state index in [0.717, 1.165) is 16.0 Å². The molecule has 0 radical (unpaired) electrons.